The average Bonchev–Trinajstić information content (AvgIpc) is 3.37. The number of aromatic nitrogens is 2. The third-order valence-corrected chi connectivity index (χ3v) is 7.54. The highest BCUT2D eigenvalue weighted by Crippen LogP contribution is 2.20. The number of fused-ring (bicyclic) bond motifs is 2. The molecule has 13 heteroatoms. The number of carbonyl (C=O) groups excluding carboxylic acids is 4. The number of rotatable bonds is 6. The molecule has 0 atom stereocenters. The second-order valence-corrected chi connectivity index (χ2v) is 9.76. The van der Waals surface area contributed by atoms with Crippen molar-refractivity contribution in [3.8, 4) is 0 Å². The van der Waals surface area contributed by atoms with Crippen LogP contribution in [0.3, 0.4) is 0 Å². The molecule has 0 spiro atoms. The Morgan fingerprint density at radius 1 is 0.730 bits per heavy atom. The SMILES string of the molecule is COC(=O)c1ccc2c(c1)sc(=NC(=O)COCC(=O)N=c1sc3cc(C(=O)OC)ccc3n1C)n2C. The van der Waals surface area contributed by atoms with Crippen LogP contribution in [0.15, 0.2) is 46.4 Å². The summed E-state index contributed by atoms with van der Waals surface area (Å²) < 4.78 is 19.7. The summed E-state index contributed by atoms with van der Waals surface area (Å²) in [7, 11) is 6.13. The van der Waals surface area contributed by atoms with Gasteiger partial charge in [0.05, 0.1) is 45.8 Å². The summed E-state index contributed by atoms with van der Waals surface area (Å²) in [5.74, 6) is -2.03. The van der Waals surface area contributed by atoms with E-state index in [0.29, 0.717) is 20.7 Å². The molecule has 2 aromatic carbocycles. The predicted octanol–water partition coefficient (Wildman–Crippen LogP) is 1.94. The number of hydrogen-bond donors (Lipinski definition) is 0. The molecule has 0 saturated heterocycles. The van der Waals surface area contributed by atoms with E-state index in [0.717, 1.165) is 20.4 Å². The first-order valence-corrected chi connectivity index (χ1v) is 12.4. The van der Waals surface area contributed by atoms with Gasteiger partial charge in [-0.25, -0.2) is 9.59 Å². The number of thiazole rings is 2. The van der Waals surface area contributed by atoms with Crippen molar-refractivity contribution in [1.29, 1.82) is 0 Å². The van der Waals surface area contributed by atoms with Gasteiger partial charge in [0.15, 0.2) is 9.60 Å². The number of methoxy groups -OCH3 is 2. The zero-order valence-corrected chi connectivity index (χ0v) is 22.0. The number of hydrogen-bond acceptors (Lipinski definition) is 9. The first-order chi connectivity index (χ1) is 17.7. The van der Waals surface area contributed by atoms with Gasteiger partial charge in [-0.15, -0.1) is 0 Å². The first-order valence-electron chi connectivity index (χ1n) is 10.8. The number of ether oxygens (including phenoxy) is 3. The molecule has 192 valence electrons. The number of aryl methyl sites for hydroxylation is 2. The van der Waals surface area contributed by atoms with Gasteiger partial charge in [-0.3, -0.25) is 9.59 Å². The highest BCUT2D eigenvalue weighted by atomic mass is 32.1. The fraction of sp³-hybridized carbons (Fsp3) is 0.250. The Morgan fingerprint density at radius 2 is 1.14 bits per heavy atom. The number of esters is 2. The molecule has 37 heavy (non-hydrogen) atoms. The molecule has 0 bridgehead atoms. The molecule has 2 aromatic heterocycles. The van der Waals surface area contributed by atoms with Crippen molar-refractivity contribution in [3.63, 3.8) is 0 Å². The minimum atomic E-state index is -0.564. The molecule has 0 aliphatic heterocycles. The Balaban J connectivity index is 1.43. The van der Waals surface area contributed by atoms with E-state index in [4.69, 9.17) is 14.2 Å². The normalized spacial score (nSPS) is 12.3. The van der Waals surface area contributed by atoms with E-state index < -0.39 is 37.0 Å². The van der Waals surface area contributed by atoms with Crippen LogP contribution in [-0.4, -0.2) is 60.3 Å². The van der Waals surface area contributed by atoms with Crippen LogP contribution in [-0.2, 0) is 37.9 Å². The average molecular weight is 543 g/mol. The van der Waals surface area contributed by atoms with Crippen molar-refractivity contribution >= 4 is 66.9 Å². The lowest BCUT2D eigenvalue weighted by atomic mass is 10.2. The minimum Gasteiger partial charge on any atom is -0.465 e. The Kier molecular flexibility index (Phi) is 7.76. The second kappa shape index (κ2) is 11.0. The van der Waals surface area contributed by atoms with E-state index in [2.05, 4.69) is 9.98 Å². The molecular weight excluding hydrogens is 520 g/mol. The van der Waals surface area contributed by atoms with Gasteiger partial charge in [-0.2, -0.15) is 9.98 Å². The lowest BCUT2D eigenvalue weighted by Gasteiger charge is -2.00. The van der Waals surface area contributed by atoms with E-state index in [1.807, 2.05) is 0 Å². The number of carbonyl (C=O) groups is 4. The van der Waals surface area contributed by atoms with Gasteiger partial charge in [0, 0.05) is 14.1 Å². The first kappa shape index (κ1) is 26.1. The Bertz CT molecular complexity index is 1570. The smallest absolute Gasteiger partial charge is 0.337 e. The lowest BCUT2D eigenvalue weighted by Crippen LogP contribution is -2.19. The second-order valence-electron chi connectivity index (χ2n) is 7.74. The monoisotopic (exact) mass is 542 g/mol. The lowest BCUT2D eigenvalue weighted by molar-refractivity contribution is -0.127. The summed E-state index contributed by atoms with van der Waals surface area (Å²) in [4.78, 5) is 57.1. The van der Waals surface area contributed by atoms with Crippen LogP contribution in [0.2, 0.25) is 0 Å². The van der Waals surface area contributed by atoms with Crippen LogP contribution in [0.5, 0.6) is 0 Å². The molecule has 0 aliphatic carbocycles. The summed E-state index contributed by atoms with van der Waals surface area (Å²) in [6.07, 6.45) is 0. The maximum Gasteiger partial charge on any atom is 0.337 e. The molecule has 0 N–H and O–H groups in total. The van der Waals surface area contributed by atoms with Crippen LogP contribution in [0, 0.1) is 0 Å². The molecule has 2 heterocycles. The van der Waals surface area contributed by atoms with Crippen LogP contribution in [0.25, 0.3) is 20.4 Å². The van der Waals surface area contributed by atoms with Crippen molar-refractivity contribution < 1.29 is 33.4 Å². The van der Waals surface area contributed by atoms with Crippen LogP contribution in [0.4, 0.5) is 0 Å². The predicted molar refractivity (Wildman–Crippen MR) is 136 cm³/mol. The van der Waals surface area contributed by atoms with Gasteiger partial charge in [0.2, 0.25) is 0 Å². The molecule has 0 fully saturated rings. The van der Waals surface area contributed by atoms with Gasteiger partial charge < -0.3 is 23.3 Å². The van der Waals surface area contributed by atoms with Crippen molar-refractivity contribution in [2.24, 2.45) is 24.1 Å². The summed E-state index contributed by atoms with van der Waals surface area (Å²) in [5.41, 5.74) is 2.40. The molecule has 0 unspecified atom stereocenters. The molecule has 4 rings (SSSR count). The largest absolute Gasteiger partial charge is 0.465 e. The van der Waals surface area contributed by atoms with Crippen molar-refractivity contribution in [2.45, 2.75) is 0 Å². The fourth-order valence-corrected chi connectivity index (χ4v) is 5.62. The molecule has 11 nitrogen and oxygen atoms in total. The van der Waals surface area contributed by atoms with Crippen molar-refractivity contribution in [3.05, 3.63) is 57.1 Å². The summed E-state index contributed by atoms with van der Waals surface area (Å²) >= 11 is 2.48. The number of amides is 2. The van der Waals surface area contributed by atoms with E-state index in [-0.39, 0.29) is 0 Å². The quantitative estimate of drug-likeness (QED) is 0.340. The maximum atomic E-state index is 12.3. The molecular formula is C24H22N4O7S2. The highest BCUT2D eigenvalue weighted by Gasteiger charge is 2.12. The number of nitrogens with zero attached hydrogens (tertiary/aromatic N) is 4. The zero-order valence-electron chi connectivity index (χ0n) is 20.3. The number of benzene rings is 2. The zero-order chi connectivity index (χ0) is 26.7. The standard InChI is InChI=1S/C24H22N4O7S2/c1-27-15-7-5-13(21(31)33-3)9-17(15)36-23(27)25-19(29)11-35-12-20(30)26-24-28(2)16-8-6-14(22(32)34-4)10-18(16)37-24/h5-10H,11-12H2,1-4H3. The van der Waals surface area contributed by atoms with E-state index in [9.17, 15) is 19.2 Å². The van der Waals surface area contributed by atoms with Crippen molar-refractivity contribution in [1.82, 2.24) is 9.13 Å². The third kappa shape index (κ3) is 5.58. The maximum absolute atomic E-state index is 12.3. The summed E-state index contributed by atoms with van der Waals surface area (Å²) in [6.45, 7) is -0.798. The Labute approximate surface area is 217 Å². The van der Waals surface area contributed by atoms with Crippen molar-refractivity contribution in [2.75, 3.05) is 27.4 Å². The summed E-state index contributed by atoms with van der Waals surface area (Å²) in [6, 6.07) is 10.1. The topological polar surface area (TPSA) is 131 Å². The van der Waals surface area contributed by atoms with Gasteiger partial charge in [-0.05, 0) is 36.4 Å². The fourth-order valence-electron chi connectivity index (χ4n) is 3.47. The molecule has 0 radical (unpaired) electrons. The van der Waals surface area contributed by atoms with Gasteiger partial charge in [0.25, 0.3) is 11.8 Å². The Hall–Kier alpha value is -3.94. The molecule has 2 amide bonds. The van der Waals surface area contributed by atoms with E-state index in [1.54, 1.807) is 59.6 Å². The summed E-state index contributed by atoms with van der Waals surface area (Å²) in [5, 5.41) is 0. The van der Waals surface area contributed by atoms with Gasteiger partial charge in [-0.1, -0.05) is 22.7 Å². The molecule has 4 aromatic rings. The van der Waals surface area contributed by atoms with Crippen LogP contribution < -0.4 is 9.60 Å². The van der Waals surface area contributed by atoms with Gasteiger partial charge >= 0.3 is 11.9 Å². The molecule has 0 saturated carbocycles. The van der Waals surface area contributed by atoms with E-state index >= 15 is 0 Å². The van der Waals surface area contributed by atoms with Gasteiger partial charge in [0.1, 0.15) is 13.2 Å². The third-order valence-electron chi connectivity index (χ3n) is 5.35. The molecule has 0 aliphatic rings. The van der Waals surface area contributed by atoms with Crippen LogP contribution in [0.1, 0.15) is 20.7 Å². The van der Waals surface area contributed by atoms with Crippen LogP contribution >= 0.6 is 22.7 Å². The highest BCUT2D eigenvalue weighted by molar-refractivity contribution is 7.16. The Morgan fingerprint density at radius 3 is 1.51 bits per heavy atom. The van der Waals surface area contributed by atoms with E-state index in [1.165, 1.54) is 36.9 Å². The minimum absolute atomic E-state index is 0.399.